The highest BCUT2D eigenvalue weighted by Gasteiger charge is 2.13. The minimum Gasteiger partial charge on any atom is -0.466 e. The first kappa shape index (κ1) is 10.9. The van der Waals surface area contributed by atoms with E-state index in [-0.39, 0.29) is 6.04 Å². The van der Waals surface area contributed by atoms with Crippen LogP contribution >= 0.6 is 0 Å². The summed E-state index contributed by atoms with van der Waals surface area (Å²) in [6, 6.07) is 5.98. The Kier molecular flexibility index (Phi) is 3.06. The zero-order valence-corrected chi connectivity index (χ0v) is 9.60. The smallest absolute Gasteiger partial charge is 0.105 e. The zero-order valence-electron chi connectivity index (χ0n) is 9.60. The molecule has 1 unspecified atom stereocenters. The maximum atomic E-state index is 6.16. The van der Waals surface area contributed by atoms with Crippen molar-refractivity contribution in [3.63, 3.8) is 0 Å². The van der Waals surface area contributed by atoms with Gasteiger partial charge in [0.2, 0.25) is 0 Å². The van der Waals surface area contributed by atoms with E-state index in [2.05, 4.69) is 4.98 Å². The molecule has 1 atom stereocenters. The van der Waals surface area contributed by atoms with Gasteiger partial charge in [0.25, 0.3) is 0 Å². The minimum absolute atomic E-state index is 0.0140. The van der Waals surface area contributed by atoms with Crippen LogP contribution in [0.4, 0.5) is 0 Å². The molecule has 0 spiro atoms. The summed E-state index contributed by atoms with van der Waals surface area (Å²) in [6.45, 7) is 3.89. The first-order chi connectivity index (χ1) is 7.66. The second kappa shape index (κ2) is 4.49. The summed E-state index contributed by atoms with van der Waals surface area (Å²) < 4.78 is 5.48. The lowest BCUT2D eigenvalue weighted by atomic mass is 10.0. The number of nitrogens with two attached hydrogens (primary N) is 1. The average Bonchev–Trinajstić information content (AvgIpc) is 2.59. The first-order valence-corrected chi connectivity index (χ1v) is 5.38. The van der Waals surface area contributed by atoms with Crippen LogP contribution in [0.5, 0.6) is 0 Å². The molecule has 3 heteroatoms. The molecule has 0 amide bonds. The molecule has 84 valence electrons. The molecule has 0 saturated heterocycles. The van der Waals surface area contributed by atoms with Crippen LogP contribution in [0.2, 0.25) is 0 Å². The van der Waals surface area contributed by atoms with E-state index in [1.807, 2.05) is 32.0 Å². The third kappa shape index (κ3) is 2.31. The number of hydrogen-bond acceptors (Lipinski definition) is 3. The van der Waals surface area contributed by atoms with Crippen molar-refractivity contribution in [1.82, 2.24) is 4.98 Å². The molecule has 2 N–H and O–H groups in total. The van der Waals surface area contributed by atoms with Gasteiger partial charge < -0.3 is 10.2 Å². The van der Waals surface area contributed by atoms with Gasteiger partial charge in [0.15, 0.2) is 0 Å². The van der Waals surface area contributed by atoms with Crippen LogP contribution in [-0.4, -0.2) is 4.98 Å². The molecule has 2 aromatic heterocycles. The molecule has 0 bridgehead atoms. The van der Waals surface area contributed by atoms with Crippen LogP contribution < -0.4 is 5.73 Å². The molecular formula is C13H16N2O. The summed E-state index contributed by atoms with van der Waals surface area (Å²) in [6.07, 6.45) is 4.38. The highest BCUT2D eigenvalue weighted by molar-refractivity contribution is 5.26. The lowest BCUT2D eigenvalue weighted by Crippen LogP contribution is -2.13. The SMILES string of the molecule is Cc1cc(C(N)Cc2ccncc2)c(C)o1. The van der Waals surface area contributed by atoms with E-state index >= 15 is 0 Å². The molecule has 3 nitrogen and oxygen atoms in total. The molecule has 0 aliphatic rings. The van der Waals surface area contributed by atoms with E-state index in [9.17, 15) is 0 Å². The third-order valence-corrected chi connectivity index (χ3v) is 2.68. The standard InChI is InChI=1S/C13H16N2O/c1-9-7-12(10(2)16-9)13(14)8-11-3-5-15-6-4-11/h3-7,13H,8,14H2,1-2H3. The van der Waals surface area contributed by atoms with E-state index in [1.165, 1.54) is 5.56 Å². The molecule has 0 aromatic carbocycles. The Bertz CT molecular complexity index is 462. The quantitative estimate of drug-likeness (QED) is 0.857. The van der Waals surface area contributed by atoms with Crippen LogP contribution in [0.1, 0.15) is 28.7 Å². The largest absolute Gasteiger partial charge is 0.466 e. The summed E-state index contributed by atoms with van der Waals surface area (Å²) in [5.74, 6) is 1.83. The highest BCUT2D eigenvalue weighted by atomic mass is 16.3. The van der Waals surface area contributed by atoms with Crippen molar-refractivity contribution >= 4 is 0 Å². The molecule has 0 aliphatic carbocycles. The molecule has 16 heavy (non-hydrogen) atoms. The number of nitrogens with zero attached hydrogens (tertiary/aromatic N) is 1. The molecule has 0 aliphatic heterocycles. The number of hydrogen-bond donors (Lipinski definition) is 1. The first-order valence-electron chi connectivity index (χ1n) is 5.38. The number of aromatic nitrogens is 1. The number of pyridine rings is 1. The van der Waals surface area contributed by atoms with Gasteiger partial charge >= 0.3 is 0 Å². The Morgan fingerprint density at radius 1 is 1.31 bits per heavy atom. The molecule has 2 heterocycles. The lowest BCUT2D eigenvalue weighted by Gasteiger charge is -2.10. The Balaban J connectivity index is 2.14. The maximum Gasteiger partial charge on any atom is 0.105 e. The van der Waals surface area contributed by atoms with Crippen molar-refractivity contribution in [2.45, 2.75) is 26.3 Å². The van der Waals surface area contributed by atoms with Gasteiger partial charge in [-0.15, -0.1) is 0 Å². The summed E-state index contributed by atoms with van der Waals surface area (Å²) in [7, 11) is 0. The van der Waals surface area contributed by atoms with E-state index < -0.39 is 0 Å². The number of furan rings is 1. The van der Waals surface area contributed by atoms with Crippen LogP contribution in [0.25, 0.3) is 0 Å². The van der Waals surface area contributed by atoms with Crippen LogP contribution in [0, 0.1) is 13.8 Å². The van der Waals surface area contributed by atoms with Crippen molar-refractivity contribution in [2.75, 3.05) is 0 Å². The lowest BCUT2D eigenvalue weighted by molar-refractivity contribution is 0.497. The predicted molar refractivity (Wildman–Crippen MR) is 63.1 cm³/mol. The minimum atomic E-state index is -0.0140. The topological polar surface area (TPSA) is 52.0 Å². The molecule has 2 rings (SSSR count). The summed E-state index contributed by atoms with van der Waals surface area (Å²) in [5.41, 5.74) is 8.45. The predicted octanol–water partition coefficient (Wildman–Crippen LogP) is 2.53. The Labute approximate surface area is 95.3 Å². The van der Waals surface area contributed by atoms with Crippen molar-refractivity contribution in [3.8, 4) is 0 Å². The van der Waals surface area contributed by atoms with Gasteiger partial charge in [-0.05, 0) is 44.0 Å². The Morgan fingerprint density at radius 2 is 2.00 bits per heavy atom. The maximum absolute atomic E-state index is 6.16. The van der Waals surface area contributed by atoms with E-state index in [0.29, 0.717) is 0 Å². The monoisotopic (exact) mass is 216 g/mol. The Morgan fingerprint density at radius 3 is 2.56 bits per heavy atom. The van der Waals surface area contributed by atoms with Crippen LogP contribution in [0.15, 0.2) is 35.0 Å². The van der Waals surface area contributed by atoms with Crippen molar-refractivity contribution in [1.29, 1.82) is 0 Å². The second-order valence-corrected chi connectivity index (χ2v) is 4.03. The van der Waals surface area contributed by atoms with Crippen molar-refractivity contribution in [3.05, 3.63) is 53.2 Å². The zero-order chi connectivity index (χ0) is 11.5. The van der Waals surface area contributed by atoms with E-state index in [4.69, 9.17) is 10.2 Å². The average molecular weight is 216 g/mol. The Hall–Kier alpha value is -1.61. The summed E-state index contributed by atoms with van der Waals surface area (Å²) in [4.78, 5) is 3.99. The molecule has 0 radical (unpaired) electrons. The number of rotatable bonds is 3. The normalized spacial score (nSPS) is 12.7. The van der Waals surface area contributed by atoms with Crippen LogP contribution in [0.3, 0.4) is 0 Å². The van der Waals surface area contributed by atoms with Gasteiger partial charge in [0, 0.05) is 24.0 Å². The van der Waals surface area contributed by atoms with E-state index in [1.54, 1.807) is 12.4 Å². The highest BCUT2D eigenvalue weighted by Crippen LogP contribution is 2.22. The van der Waals surface area contributed by atoms with Gasteiger partial charge in [0.05, 0.1) is 0 Å². The van der Waals surface area contributed by atoms with Gasteiger partial charge in [-0.25, -0.2) is 0 Å². The van der Waals surface area contributed by atoms with Gasteiger partial charge in [-0.1, -0.05) is 0 Å². The fraction of sp³-hybridized carbons (Fsp3) is 0.308. The van der Waals surface area contributed by atoms with Gasteiger partial charge in [-0.3, -0.25) is 4.98 Å². The molecule has 0 fully saturated rings. The van der Waals surface area contributed by atoms with Gasteiger partial charge in [-0.2, -0.15) is 0 Å². The van der Waals surface area contributed by atoms with Gasteiger partial charge in [0.1, 0.15) is 11.5 Å². The van der Waals surface area contributed by atoms with E-state index in [0.717, 1.165) is 23.5 Å². The second-order valence-electron chi connectivity index (χ2n) is 4.03. The molecule has 0 saturated carbocycles. The number of aryl methyl sites for hydroxylation is 2. The van der Waals surface area contributed by atoms with Crippen LogP contribution in [-0.2, 0) is 6.42 Å². The molecule has 2 aromatic rings. The third-order valence-electron chi connectivity index (χ3n) is 2.68. The summed E-state index contributed by atoms with van der Waals surface area (Å²) >= 11 is 0. The summed E-state index contributed by atoms with van der Waals surface area (Å²) in [5, 5.41) is 0. The van der Waals surface area contributed by atoms with Crippen molar-refractivity contribution in [2.24, 2.45) is 5.73 Å². The fourth-order valence-electron chi connectivity index (χ4n) is 1.90. The van der Waals surface area contributed by atoms with Crippen molar-refractivity contribution < 1.29 is 4.42 Å². The molecular weight excluding hydrogens is 200 g/mol. The fourth-order valence-corrected chi connectivity index (χ4v) is 1.90.